The molecule has 0 bridgehead atoms. The molecular weight excluding hydrogens is 382 g/mol. The molecule has 0 fully saturated rings. The number of nitrogens with one attached hydrogen (secondary N) is 1. The first-order chi connectivity index (χ1) is 9.49. The lowest BCUT2D eigenvalue weighted by Crippen LogP contribution is -2.27. The van der Waals surface area contributed by atoms with Gasteiger partial charge in [-0.1, -0.05) is 50.1 Å². The van der Waals surface area contributed by atoms with Crippen molar-refractivity contribution in [2.45, 2.75) is 19.9 Å². The van der Waals surface area contributed by atoms with E-state index in [1.165, 1.54) is 0 Å². The summed E-state index contributed by atoms with van der Waals surface area (Å²) >= 11 is 6.89. The lowest BCUT2D eigenvalue weighted by Gasteiger charge is -2.16. The Kier molecular flexibility index (Phi) is 5.00. The number of benzene rings is 2. The van der Waals surface area contributed by atoms with E-state index in [9.17, 15) is 4.79 Å². The molecule has 0 aliphatic rings. The van der Waals surface area contributed by atoms with Crippen LogP contribution in [-0.4, -0.2) is 5.91 Å². The number of carbonyl (C=O) groups is 1. The summed E-state index contributed by atoms with van der Waals surface area (Å²) in [6.07, 6.45) is 0. The molecule has 0 heterocycles. The number of rotatable bonds is 3. The number of amides is 1. The summed E-state index contributed by atoms with van der Waals surface area (Å²) in [6, 6.07) is 13.5. The molecule has 20 heavy (non-hydrogen) atoms. The molecule has 0 saturated heterocycles. The second-order valence-electron chi connectivity index (χ2n) is 4.66. The fraction of sp³-hybridized carbons (Fsp3) is 0.188. The smallest absolute Gasteiger partial charge is 0.252 e. The van der Waals surface area contributed by atoms with Gasteiger partial charge < -0.3 is 5.32 Å². The van der Waals surface area contributed by atoms with Gasteiger partial charge in [-0.15, -0.1) is 0 Å². The van der Waals surface area contributed by atoms with E-state index in [0.717, 1.165) is 20.1 Å². The second-order valence-corrected chi connectivity index (χ2v) is 6.43. The van der Waals surface area contributed by atoms with Crippen molar-refractivity contribution >= 4 is 37.8 Å². The average Bonchev–Trinajstić information content (AvgIpc) is 2.41. The van der Waals surface area contributed by atoms with Crippen LogP contribution in [0.5, 0.6) is 0 Å². The Bertz CT molecular complexity index is 640. The molecule has 4 heteroatoms. The van der Waals surface area contributed by atoms with Crippen LogP contribution in [0.2, 0.25) is 0 Å². The van der Waals surface area contributed by atoms with E-state index < -0.39 is 0 Å². The summed E-state index contributed by atoms with van der Waals surface area (Å²) < 4.78 is 1.95. The summed E-state index contributed by atoms with van der Waals surface area (Å²) in [5.74, 6) is -0.0590. The molecule has 0 aromatic heterocycles. The number of halogens is 2. The molecule has 2 rings (SSSR count). The third-order valence-electron chi connectivity index (χ3n) is 3.21. The van der Waals surface area contributed by atoms with Gasteiger partial charge in [-0.25, -0.2) is 0 Å². The predicted octanol–water partition coefficient (Wildman–Crippen LogP) is 5.01. The van der Waals surface area contributed by atoms with Crippen molar-refractivity contribution in [3.63, 3.8) is 0 Å². The Morgan fingerprint density at radius 2 is 1.85 bits per heavy atom. The molecule has 0 aliphatic heterocycles. The van der Waals surface area contributed by atoms with Crippen molar-refractivity contribution < 1.29 is 4.79 Å². The molecule has 1 atom stereocenters. The standard InChI is InChI=1S/C16H15Br2NO/c1-10-14(7-4-8-15(10)18)16(20)19-11(2)12-5-3-6-13(17)9-12/h3-9,11H,1-2H3,(H,19,20). The Hall–Kier alpha value is -1.13. The minimum Gasteiger partial charge on any atom is -0.346 e. The van der Waals surface area contributed by atoms with Crippen LogP contribution >= 0.6 is 31.9 Å². The number of hydrogen-bond donors (Lipinski definition) is 1. The van der Waals surface area contributed by atoms with Gasteiger partial charge in [0.15, 0.2) is 0 Å². The fourth-order valence-corrected chi connectivity index (χ4v) is 2.77. The van der Waals surface area contributed by atoms with Gasteiger partial charge >= 0.3 is 0 Å². The highest BCUT2D eigenvalue weighted by molar-refractivity contribution is 9.10. The van der Waals surface area contributed by atoms with E-state index >= 15 is 0 Å². The SMILES string of the molecule is Cc1c(Br)cccc1C(=O)NC(C)c1cccc(Br)c1. The van der Waals surface area contributed by atoms with Crippen molar-refractivity contribution in [3.8, 4) is 0 Å². The molecule has 1 unspecified atom stereocenters. The Balaban J connectivity index is 2.17. The van der Waals surface area contributed by atoms with Crippen LogP contribution in [0.15, 0.2) is 51.4 Å². The van der Waals surface area contributed by atoms with Gasteiger partial charge in [0.05, 0.1) is 6.04 Å². The minimum absolute atomic E-state index is 0.0432. The third kappa shape index (κ3) is 3.49. The molecule has 0 saturated carbocycles. The summed E-state index contributed by atoms with van der Waals surface area (Å²) in [4.78, 5) is 12.3. The maximum absolute atomic E-state index is 12.3. The molecule has 0 spiro atoms. The average molecular weight is 397 g/mol. The fourth-order valence-electron chi connectivity index (χ4n) is 1.99. The van der Waals surface area contributed by atoms with E-state index in [0.29, 0.717) is 5.56 Å². The highest BCUT2D eigenvalue weighted by Crippen LogP contribution is 2.21. The lowest BCUT2D eigenvalue weighted by atomic mass is 10.1. The van der Waals surface area contributed by atoms with E-state index in [1.807, 2.05) is 56.3 Å². The zero-order valence-electron chi connectivity index (χ0n) is 11.3. The van der Waals surface area contributed by atoms with Crippen molar-refractivity contribution in [3.05, 3.63) is 68.1 Å². The molecule has 2 nitrogen and oxygen atoms in total. The van der Waals surface area contributed by atoms with Crippen molar-refractivity contribution in [1.29, 1.82) is 0 Å². The van der Waals surface area contributed by atoms with Crippen LogP contribution in [-0.2, 0) is 0 Å². The first-order valence-electron chi connectivity index (χ1n) is 6.30. The summed E-state index contributed by atoms with van der Waals surface area (Å²) in [7, 11) is 0. The van der Waals surface area contributed by atoms with Crippen molar-refractivity contribution in [2.24, 2.45) is 0 Å². The van der Waals surface area contributed by atoms with Gasteiger partial charge in [0.2, 0.25) is 0 Å². The summed E-state index contributed by atoms with van der Waals surface area (Å²) in [6.45, 7) is 3.91. The predicted molar refractivity (Wildman–Crippen MR) is 88.9 cm³/mol. The van der Waals surface area contributed by atoms with Crippen LogP contribution in [0.1, 0.15) is 34.5 Å². The largest absolute Gasteiger partial charge is 0.346 e. The minimum atomic E-state index is -0.0590. The molecule has 2 aromatic rings. The van der Waals surface area contributed by atoms with E-state index in [1.54, 1.807) is 0 Å². The van der Waals surface area contributed by atoms with Crippen LogP contribution in [0.3, 0.4) is 0 Å². The van der Waals surface area contributed by atoms with Gasteiger partial charge in [-0.05, 0) is 49.2 Å². The molecule has 0 aliphatic carbocycles. The monoisotopic (exact) mass is 395 g/mol. The van der Waals surface area contributed by atoms with E-state index in [-0.39, 0.29) is 11.9 Å². The third-order valence-corrected chi connectivity index (χ3v) is 4.56. The maximum Gasteiger partial charge on any atom is 0.252 e. The zero-order valence-corrected chi connectivity index (χ0v) is 14.5. The second kappa shape index (κ2) is 6.55. The van der Waals surface area contributed by atoms with Gasteiger partial charge in [0, 0.05) is 14.5 Å². The van der Waals surface area contributed by atoms with Crippen LogP contribution in [0.25, 0.3) is 0 Å². The molecule has 1 N–H and O–H groups in total. The van der Waals surface area contributed by atoms with Crippen LogP contribution in [0, 0.1) is 6.92 Å². The molecular formula is C16H15Br2NO. The van der Waals surface area contributed by atoms with Gasteiger partial charge in [-0.2, -0.15) is 0 Å². The topological polar surface area (TPSA) is 29.1 Å². The molecule has 1 amide bonds. The number of carbonyl (C=O) groups excluding carboxylic acids is 1. The molecule has 104 valence electrons. The zero-order chi connectivity index (χ0) is 14.7. The highest BCUT2D eigenvalue weighted by Gasteiger charge is 2.14. The quantitative estimate of drug-likeness (QED) is 0.775. The summed E-state index contributed by atoms with van der Waals surface area (Å²) in [5.41, 5.74) is 2.72. The van der Waals surface area contributed by atoms with Crippen molar-refractivity contribution in [1.82, 2.24) is 5.32 Å². The lowest BCUT2D eigenvalue weighted by molar-refractivity contribution is 0.0939. The Morgan fingerprint density at radius 3 is 2.55 bits per heavy atom. The van der Waals surface area contributed by atoms with Gasteiger partial charge in [0.1, 0.15) is 0 Å². The molecule has 0 radical (unpaired) electrons. The highest BCUT2D eigenvalue weighted by atomic mass is 79.9. The van der Waals surface area contributed by atoms with Crippen LogP contribution in [0.4, 0.5) is 0 Å². The first kappa shape index (κ1) is 15.3. The molecule has 2 aromatic carbocycles. The van der Waals surface area contributed by atoms with E-state index in [2.05, 4.69) is 37.2 Å². The normalized spacial score (nSPS) is 12.0. The number of hydrogen-bond acceptors (Lipinski definition) is 1. The maximum atomic E-state index is 12.3. The Morgan fingerprint density at radius 1 is 1.15 bits per heavy atom. The van der Waals surface area contributed by atoms with E-state index in [4.69, 9.17) is 0 Å². The van der Waals surface area contributed by atoms with Crippen LogP contribution < -0.4 is 5.32 Å². The summed E-state index contributed by atoms with van der Waals surface area (Å²) in [5, 5.41) is 3.03. The first-order valence-corrected chi connectivity index (χ1v) is 7.89. The van der Waals surface area contributed by atoms with Gasteiger partial charge in [-0.3, -0.25) is 4.79 Å². The Labute approximate surface area is 135 Å². The van der Waals surface area contributed by atoms with Crippen molar-refractivity contribution in [2.75, 3.05) is 0 Å². The van der Waals surface area contributed by atoms with Gasteiger partial charge in [0.25, 0.3) is 5.91 Å².